The van der Waals surface area contributed by atoms with Crippen LogP contribution in [0.4, 0.5) is 11.4 Å². The highest BCUT2D eigenvalue weighted by atomic mass is 35.5. The highest BCUT2D eigenvalue weighted by Gasteiger charge is 2.00. The van der Waals surface area contributed by atoms with Crippen LogP contribution < -0.4 is 11.1 Å². The first-order valence-corrected chi connectivity index (χ1v) is 5.26. The van der Waals surface area contributed by atoms with Gasteiger partial charge in [0.05, 0.1) is 11.4 Å². The van der Waals surface area contributed by atoms with Crippen LogP contribution in [0.15, 0.2) is 24.5 Å². The normalized spacial score (nSPS) is 10.3. The number of aromatic nitrogens is 3. The Bertz CT molecular complexity index is 454. The van der Waals surface area contributed by atoms with E-state index in [0.29, 0.717) is 10.7 Å². The Kier molecular flexibility index (Phi) is 3.26. The fourth-order valence-corrected chi connectivity index (χ4v) is 1.52. The smallest absolute Gasteiger partial charge is 0.137 e. The molecule has 5 nitrogen and oxygen atoms in total. The lowest BCUT2D eigenvalue weighted by molar-refractivity contribution is 0.901. The van der Waals surface area contributed by atoms with Crippen LogP contribution >= 0.6 is 11.6 Å². The number of hydrogen-bond acceptors (Lipinski definition) is 4. The largest absolute Gasteiger partial charge is 0.397 e. The van der Waals surface area contributed by atoms with Crippen molar-refractivity contribution in [3.05, 3.63) is 35.4 Å². The van der Waals surface area contributed by atoms with Gasteiger partial charge in [-0.25, -0.2) is 4.98 Å². The molecule has 84 valence electrons. The lowest BCUT2D eigenvalue weighted by Gasteiger charge is -2.08. The maximum absolute atomic E-state index is 5.87. The van der Waals surface area contributed by atoms with Crippen LogP contribution in [0.2, 0.25) is 5.02 Å². The van der Waals surface area contributed by atoms with Crippen molar-refractivity contribution < 1.29 is 0 Å². The number of rotatable bonds is 4. The minimum absolute atomic E-state index is 0.663. The second-order valence-electron chi connectivity index (χ2n) is 3.34. The van der Waals surface area contributed by atoms with Crippen molar-refractivity contribution in [2.75, 3.05) is 17.6 Å². The molecule has 0 aliphatic heterocycles. The molecule has 2 aromatic rings. The third kappa shape index (κ3) is 2.64. The number of benzene rings is 1. The molecule has 0 saturated heterocycles. The van der Waals surface area contributed by atoms with Gasteiger partial charge >= 0.3 is 0 Å². The van der Waals surface area contributed by atoms with E-state index in [9.17, 15) is 0 Å². The first kappa shape index (κ1) is 10.8. The zero-order valence-electron chi connectivity index (χ0n) is 8.57. The number of anilines is 2. The van der Waals surface area contributed by atoms with Crippen molar-refractivity contribution in [3.63, 3.8) is 0 Å². The summed E-state index contributed by atoms with van der Waals surface area (Å²) in [5.74, 6) is 0.841. The first-order valence-electron chi connectivity index (χ1n) is 4.89. The lowest BCUT2D eigenvalue weighted by Crippen LogP contribution is -2.07. The van der Waals surface area contributed by atoms with Gasteiger partial charge in [0.15, 0.2) is 0 Å². The second-order valence-corrected chi connectivity index (χ2v) is 3.78. The van der Waals surface area contributed by atoms with E-state index in [1.807, 2.05) is 0 Å². The molecule has 1 aromatic carbocycles. The summed E-state index contributed by atoms with van der Waals surface area (Å²) in [6.07, 6.45) is 2.25. The van der Waals surface area contributed by atoms with E-state index >= 15 is 0 Å². The van der Waals surface area contributed by atoms with Crippen LogP contribution in [-0.4, -0.2) is 21.7 Å². The zero-order chi connectivity index (χ0) is 11.4. The van der Waals surface area contributed by atoms with E-state index in [4.69, 9.17) is 17.3 Å². The van der Waals surface area contributed by atoms with Gasteiger partial charge in [0.1, 0.15) is 12.2 Å². The number of nitrogens with two attached hydrogens (primary N) is 1. The Balaban J connectivity index is 1.92. The average molecular weight is 238 g/mol. The minimum atomic E-state index is 0.663. The van der Waals surface area contributed by atoms with Gasteiger partial charge in [-0.05, 0) is 18.2 Å². The van der Waals surface area contributed by atoms with Gasteiger partial charge in [-0.2, -0.15) is 5.10 Å². The van der Waals surface area contributed by atoms with Gasteiger partial charge < -0.3 is 11.1 Å². The van der Waals surface area contributed by atoms with Gasteiger partial charge in [0.2, 0.25) is 0 Å². The van der Waals surface area contributed by atoms with Gasteiger partial charge in [-0.15, -0.1) is 0 Å². The molecular weight excluding hydrogens is 226 g/mol. The number of halogens is 1. The van der Waals surface area contributed by atoms with Crippen LogP contribution in [0.5, 0.6) is 0 Å². The summed E-state index contributed by atoms with van der Waals surface area (Å²) in [6.45, 7) is 0.722. The number of nitrogen functional groups attached to an aromatic ring is 1. The fraction of sp³-hybridized carbons (Fsp3) is 0.200. The van der Waals surface area contributed by atoms with Crippen molar-refractivity contribution in [2.45, 2.75) is 6.42 Å². The third-order valence-electron chi connectivity index (χ3n) is 2.16. The van der Waals surface area contributed by atoms with Gasteiger partial charge in [0, 0.05) is 18.0 Å². The summed E-state index contributed by atoms with van der Waals surface area (Å²) in [4.78, 5) is 4.02. The summed E-state index contributed by atoms with van der Waals surface area (Å²) in [5.41, 5.74) is 7.31. The first-order chi connectivity index (χ1) is 7.75. The van der Waals surface area contributed by atoms with E-state index in [-0.39, 0.29) is 0 Å². The Morgan fingerprint density at radius 1 is 1.44 bits per heavy atom. The van der Waals surface area contributed by atoms with Crippen LogP contribution in [0.1, 0.15) is 5.82 Å². The number of aromatic amines is 1. The molecule has 16 heavy (non-hydrogen) atoms. The molecular formula is C10H12ClN5. The SMILES string of the molecule is Nc1ccc(Cl)cc1NCCc1ncn[nH]1. The number of hydrogen-bond donors (Lipinski definition) is 3. The van der Waals surface area contributed by atoms with E-state index in [1.165, 1.54) is 6.33 Å². The molecule has 4 N–H and O–H groups in total. The van der Waals surface area contributed by atoms with Crippen LogP contribution in [-0.2, 0) is 6.42 Å². The minimum Gasteiger partial charge on any atom is -0.397 e. The maximum atomic E-state index is 5.87. The standard InChI is InChI=1S/C10H12ClN5/c11-7-1-2-8(12)9(5-7)13-4-3-10-14-6-15-16-10/h1-2,5-6,13H,3-4,12H2,(H,14,15,16). The molecule has 2 rings (SSSR count). The topological polar surface area (TPSA) is 79.6 Å². The molecule has 0 saturated carbocycles. The van der Waals surface area contributed by atoms with Gasteiger partial charge in [-0.1, -0.05) is 11.6 Å². The van der Waals surface area contributed by atoms with E-state index in [0.717, 1.165) is 24.5 Å². The molecule has 0 spiro atoms. The molecule has 0 aliphatic carbocycles. The van der Waals surface area contributed by atoms with Crippen molar-refractivity contribution in [1.82, 2.24) is 15.2 Å². The molecule has 0 aliphatic rings. The number of nitrogens with one attached hydrogen (secondary N) is 2. The van der Waals surface area contributed by atoms with Gasteiger partial charge in [0.25, 0.3) is 0 Å². The molecule has 6 heteroatoms. The number of nitrogens with zero attached hydrogens (tertiary/aromatic N) is 2. The summed E-state index contributed by atoms with van der Waals surface area (Å²) >= 11 is 5.87. The Morgan fingerprint density at radius 3 is 3.06 bits per heavy atom. The van der Waals surface area contributed by atoms with Crippen molar-refractivity contribution in [1.29, 1.82) is 0 Å². The molecule has 0 unspecified atom stereocenters. The summed E-state index contributed by atoms with van der Waals surface area (Å²) in [5, 5.41) is 10.4. The number of H-pyrrole nitrogens is 1. The highest BCUT2D eigenvalue weighted by molar-refractivity contribution is 6.31. The van der Waals surface area contributed by atoms with Crippen molar-refractivity contribution in [3.8, 4) is 0 Å². The molecule has 0 radical (unpaired) electrons. The summed E-state index contributed by atoms with van der Waals surface area (Å²) in [7, 11) is 0. The molecule has 1 heterocycles. The Morgan fingerprint density at radius 2 is 2.31 bits per heavy atom. The van der Waals surface area contributed by atoms with Crippen LogP contribution in [0.3, 0.4) is 0 Å². The summed E-state index contributed by atoms with van der Waals surface area (Å²) < 4.78 is 0. The maximum Gasteiger partial charge on any atom is 0.137 e. The molecule has 1 aromatic heterocycles. The quantitative estimate of drug-likeness (QED) is 0.707. The fourth-order valence-electron chi connectivity index (χ4n) is 1.35. The van der Waals surface area contributed by atoms with Crippen molar-refractivity contribution >= 4 is 23.0 Å². The van der Waals surface area contributed by atoms with E-state index < -0.39 is 0 Å². The lowest BCUT2D eigenvalue weighted by atomic mass is 10.2. The highest BCUT2D eigenvalue weighted by Crippen LogP contribution is 2.22. The monoisotopic (exact) mass is 237 g/mol. The summed E-state index contributed by atoms with van der Waals surface area (Å²) in [6, 6.07) is 5.34. The Labute approximate surface area is 98.0 Å². The van der Waals surface area contributed by atoms with Gasteiger partial charge in [-0.3, -0.25) is 5.10 Å². The predicted octanol–water partition coefficient (Wildman–Crippen LogP) is 1.69. The van der Waals surface area contributed by atoms with E-state index in [2.05, 4.69) is 20.5 Å². The van der Waals surface area contributed by atoms with Crippen molar-refractivity contribution in [2.24, 2.45) is 0 Å². The molecule has 0 atom stereocenters. The average Bonchev–Trinajstić information content (AvgIpc) is 2.76. The molecule has 0 bridgehead atoms. The molecule has 0 fully saturated rings. The zero-order valence-corrected chi connectivity index (χ0v) is 9.33. The Hall–Kier alpha value is -1.75. The second kappa shape index (κ2) is 4.85. The van der Waals surface area contributed by atoms with Crippen LogP contribution in [0.25, 0.3) is 0 Å². The van der Waals surface area contributed by atoms with Crippen LogP contribution in [0, 0.1) is 0 Å². The predicted molar refractivity (Wildman–Crippen MR) is 64.4 cm³/mol. The van der Waals surface area contributed by atoms with E-state index in [1.54, 1.807) is 18.2 Å². The third-order valence-corrected chi connectivity index (χ3v) is 2.39. The molecule has 0 amide bonds.